The van der Waals surface area contributed by atoms with E-state index >= 15 is 0 Å². The van der Waals surface area contributed by atoms with Crippen LogP contribution in [-0.4, -0.2) is 19.7 Å². The summed E-state index contributed by atoms with van der Waals surface area (Å²) in [6.07, 6.45) is 1.16. The molecule has 0 amide bonds. The number of nitrogens with zero attached hydrogens (tertiary/aromatic N) is 1. The van der Waals surface area contributed by atoms with Crippen LogP contribution in [0.25, 0.3) is 11.1 Å². The number of benzene rings is 1. The first-order valence-corrected chi connectivity index (χ1v) is 6.97. The van der Waals surface area contributed by atoms with Gasteiger partial charge < -0.3 is 10.2 Å². The minimum absolute atomic E-state index is 0.181. The highest BCUT2D eigenvalue weighted by molar-refractivity contribution is 7.91. The lowest BCUT2D eigenvalue weighted by Gasteiger charge is -2.17. The lowest BCUT2D eigenvalue weighted by molar-refractivity contribution is 0.454. The van der Waals surface area contributed by atoms with E-state index in [1.807, 2.05) is 0 Å². The fraction of sp³-hybridized carbons (Fsp3) is 0.364. The number of nitrogen functional groups attached to an aromatic ring is 1. The Morgan fingerprint density at radius 3 is 2.59 bits per heavy atom. The van der Waals surface area contributed by atoms with E-state index in [9.17, 15) is 8.42 Å². The molecule has 0 fully saturated rings. The second-order valence-electron chi connectivity index (χ2n) is 4.53. The van der Waals surface area contributed by atoms with Crippen LogP contribution in [0.5, 0.6) is 0 Å². The first kappa shape index (κ1) is 11.9. The molecule has 0 bridgehead atoms. The zero-order valence-corrected chi connectivity index (χ0v) is 10.7. The van der Waals surface area contributed by atoms with Gasteiger partial charge in [0.15, 0.2) is 15.4 Å². The molecule has 2 rings (SSSR count). The van der Waals surface area contributed by atoms with Crippen molar-refractivity contribution in [1.82, 2.24) is 4.98 Å². The summed E-state index contributed by atoms with van der Waals surface area (Å²) in [7, 11) is -3.30. The van der Waals surface area contributed by atoms with Gasteiger partial charge in [-0.05, 0) is 32.0 Å². The molecule has 1 aromatic carbocycles. The van der Waals surface area contributed by atoms with Crippen LogP contribution in [0.1, 0.15) is 19.7 Å². The van der Waals surface area contributed by atoms with Gasteiger partial charge >= 0.3 is 0 Å². The Labute approximate surface area is 99.6 Å². The highest BCUT2D eigenvalue weighted by atomic mass is 32.2. The number of fused-ring (bicyclic) bond motifs is 1. The lowest BCUT2D eigenvalue weighted by Crippen LogP contribution is -2.28. The maximum Gasteiger partial charge on any atom is 0.216 e. The quantitative estimate of drug-likeness (QED) is 0.824. The average Bonchev–Trinajstić information content (AvgIpc) is 2.58. The van der Waals surface area contributed by atoms with Gasteiger partial charge in [-0.3, -0.25) is 0 Å². The third-order valence-corrected chi connectivity index (χ3v) is 4.88. The number of nitrogens with two attached hydrogens (primary N) is 1. The fourth-order valence-electron chi connectivity index (χ4n) is 1.36. The third kappa shape index (κ3) is 1.88. The normalized spacial score (nSPS) is 13.1. The summed E-state index contributed by atoms with van der Waals surface area (Å²) < 4.78 is 27.7. The van der Waals surface area contributed by atoms with Crippen molar-refractivity contribution in [2.45, 2.75) is 18.6 Å². The Kier molecular flexibility index (Phi) is 2.43. The SMILES string of the molecule is CC(C)(c1nc2cc(N)ccc2o1)S(C)(=O)=O. The van der Waals surface area contributed by atoms with Gasteiger partial charge in [-0.2, -0.15) is 0 Å². The van der Waals surface area contributed by atoms with Crippen molar-refractivity contribution in [3.63, 3.8) is 0 Å². The largest absolute Gasteiger partial charge is 0.439 e. The van der Waals surface area contributed by atoms with Gasteiger partial charge in [-0.15, -0.1) is 0 Å². The van der Waals surface area contributed by atoms with Crippen LogP contribution in [0.4, 0.5) is 5.69 Å². The molecule has 6 heteroatoms. The summed E-state index contributed by atoms with van der Waals surface area (Å²) >= 11 is 0. The monoisotopic (exact) mass is 254 g/mol. The first-order valence-electron chi connectivity index (χ1n) is 5.08. The van der Waals surface area contributed by atoms with Crippen LogP contribution in [0.2, 0.25) is 0 Å². The average molecular weight is 254 g/mol. The van der Waals surface area contributed by atoms with E-state index in [4.69, 9.17) is 10.2 Å². The van der Waals surface area contributed by atoms with Gasteiger partial charge in [0.05, 0.1) is 0 Å². The van der Waals surface area contributed by atoms with E-state index < -0.39 is 14.6 Å². The summed E-state index contributed by atoms with van der Waals surface area (Å²) in [6.45, 7) is 3.13. The minimum Gasteiger partial charge on any atom is -0.439 e. The van der Waals surface area contributed by atoms with Gasteiger partial charge in [-0.1, -0.05) is 0 Å². The van der Waals surface area contributed by atoms with E-state index in [0.29, 0.717) is 16.8 Å². The molecular weight excluding hydrogens is 240 g/mol. The fourth-order valence-corrected chi connectivity index (χ4v) is 1.77. The third-order valence-electron chi connectivity index (χ3n) is 2.85. The van der Waals surface area contributed by atoms with Crippen molar-refractivity contribution >= 4 is 26.6 Å². The lowest BCUT2D eigenvalue weighted by atomic mass is 10.2. The van der Waals surface area contributed by atoms with Crippen molar-refractivity contribution in [3.8, 4) is 0 Å². The second-order valence-corrected chi connectivity index (χ2v) is 7.09. The Hall–Kier alpha value is -1.56. The number of anilines is 1. The van der Waals surface area contributed by atoms with E-state index in [0.717, 1.165) is 6.26 Å². The van der Waals surface area contributed by atoms with Crippen LogP contribution in [0.3, 0.4) is 0 Å². The maximum absolute atomic E-state index is 11.7. The standard InChI is InChI=1S/C11H14N2O3S/c1-11(2,17(3,14)15)10-13-8-6-7(12)4-5-9(8)16-10/h4-6H,12H2,1-3H3. The second kappa shape index (κ2) is 3.46. The molecule has 1 heterocycles. The summed E-state index contributed by atoms with van der Waals surface area (Å²) in [5, 5.41) is 0. The number of hydrogen-bond donors (Lipinski definition) is 1. The zero-order valence-electron chi connectivity index (χ0n) is 9.89. The van der Waals surface area contributed by atoms with Crippen LogP contribution in [0, 0.1) is 0 Å². The van der Waals surface area contributed by atoms with Crippen molar-refractivity contribution in [2.75, 3.05) is 12.0 Å². The molecule has 0 aliphatic carbocycles. The summed E-state index contributed by atoms with van der Waals surface area (Å²) in [4.78, 5) is 4.19. The first-order chi connectivity index (χ1) is 7.72. The topological polar surface area (TPSA) is 86.2 Å². The number of rotatable bonds is 2. The Morgan fingerprint density at radius 1 is 1.35 bits per heavy atom. The Bertz CT molecular complexity index is 671. The van der Waals surface area contributed by atoms with Gasteiger partial charge in [-0.25, -0.2) is 13.4 Å². The molecule has 17 heavy (non-hydrogen) atoms. The van der Waals surface area contributed by atoms with Crippen LogP contribution in [-0.2, 0) is 14.6 Å². The molecule has 0 atom stereocenters. The molecule has 0 saturated carbocycles. The van der Waals surface area contributed by atoms with Crippen molar-refractivity contribution in [1.29, 1.82) is 0 Å². The van der Waals surface area contributed by atoms with E-state index in [2.05, 4.69) is 4.98 Å². The van der Waals surface area contributed by atoms with Crippen molar-refractivity contribution in [2.24, 2.45) is 0 Å². The molecule has 2 aromatic rings. The molecular formula is C11H14N2O3S. The number of aromatic nitrogens is 1. The molecule has 0 aliphatic heterocycles. The van der Waals surface area contributed by atoms with Gasteiger partial charge in [0.25, 0.3) is 0 Å². The van der Waals surface area contributed by atoms with E-state index in [-0.39, 0.29) is 5.89 Å². The molecule has 92 valence electrons. The molecule has 2 N–H and O–H groups in total. The van der Waals surface area contributed by atoms with Crippen LogP contribution >= 0.6 is 0 Å². The molecule has 0 spiro atoms. The van der Waals surface area contributed by atoms with Gasteiger partial charge in [0, 0.05) is 11.9 Å². The van der Waals surface area contributed by atoms with Crippen LogP contribution < -0.4 is 5.73 Å². The number of oxazole rings is 1. The molecule has 0 radical (unpaired) electrons. The Balaban J connectivity index is 2.65. The molecule has 0 unspecified atom stereocenters. The number of sulfone groups is 1. The zero-order chi connectivity index (χ0) is 12.8. The van der Waals surface area contributed by atoms with Gasteiger partial charge in [0.1, 0.15) is 10.3 Å². The highest BCUT2D eigenvalue weighted by Crippen LogP contribution is 2.31. The molecule has 1 aromatic heterocycles. The van der Waals surface area contributed by atoms with E-state index in [1.165, 1.54) is 0 Å². The molecule has 0 aliphatic rings. The van der Waals surface area contributed by atoms with Gasteiger partial charge in [0.2, 0.25) is 5.89 Å². The predicted octanol–water partition coefficient (Wildman–Crippen LogP) is 1.69. The predicted molar refractivity (Wildman–Crippen MR) is 66.3 cm³/mol. The molecule has 0 saturated heterocycles. The van der Waals surface area contributed by atoms with E-state index in [1.54, 1.807) is 32.0 Å². The summed E-state index contributed by atoms with van der Waals surface area (Å²) in [6, 6.07) is 5.02. The maximum atomic E-state index is 11.7. The smallest absolute Gasteiger partial charge is 0.216 e. The molecule has 5 nitrogen and oxygen atoms in total. The minimum atomic E-state index is -3.30. The number of hydrogen-bond acceptors (Lipinski definition) is 5. The van der Waals surface area contributed by atoms with Crippen molar-refractivity contribution in [3.05, 3.63) is 24.1 Å². The van der Waals surface area contributed by atoms with Crippen LogP contribution in [0.15, 0.2) is 22.6 Å². The van der Waals surface area contributed by atoms with Crippen molar-refractivity contribution < 1.29 is 12.8 Å². The Morgan fingerprint density at radius 2 is 2.00 bits per heavy atom. The summed E-state index contributed by atoms with van der Waals surface area (Å²) in [5.74, 6) is 0.181. The highest BCUT2D eigenvalue weighted by Gasteiger charge is 2.37. The summed E-state index contributed by atoms with van der Waals surface area (Å²) in [5.41, 5.74) is 7.29.